The molecule has 138 valence electrons. The van der Waals surface area contributed by atoms with E-state index in [1.807, 2.05) is 6.08 Å². The van der Waals surface area contributed by atoms with Crippen LogP contribution in [0.15, 0.2) is 45.7 Å². The molecule has 1 aliphatic heterocycles. The fourth-order valence-corrected chi connectivity index (χ4v) is 3.54. The maximum Gasteiger partial charge on any atom is 0.416 e. The average Bonchev–Trinajstić information content (AvgIpc) is 3.00. The number of aromatic hydroxyl groups is 1. The van der Waals surface area contributed by atoms with Crippen LogP contribution in [0.3, 0.4) is 0 Å². The van der Waals surface area contributed by atoms with E-state index in [2.05, 4.69) is 20.9 Å². The lowest BCUT2D eigenvalue weighted by Crippen LogP contribution is -2.21. The highest BCUT2D eigenvalue weighted by Crippen LogP contribution is 2.33. The number of fused-ring (bicyclic) bond motifs is 2. The zero-order chi connectivity index (χ0) is 19.3. The fraction of sp³-hybridized carbons (Fsp3) is 0.158. The lowest BCUT2D eigenvalue weighted by atomic mass is 10.1. The first-order valence-corrected chi connectivity index (χ1v) is 8.84. The zero-order valence-electron chi connectivity index (χ0n) is 13.7. The normalized spacial score (nSPS) is 15.5. The van der Waals surface area contributed by atoms with Gasteiger partial charge in [0.25, 0.3) is 5.56 Å². The van der Waals surface area contributed by atoms with Crippen molar-refractivity contribution in [2.45, 2.75) is 19.1 Å². The summed E-state index contributed by atoms with van der Waals surface area (Å²) in [5.74, 6) is 0.472. The molecule has 0 atom stereocenters. The number of allylic oxidation sites excluding steroid dienone is 1. The number of rotatable bonds is 1. The molecule has 0 radical (unpaired) electrons. The van der Waals surface area contributed by atoms with Gasteiger partial charge < -0.3 is 5.11 Å². The minimum atomic E-state index is -4.50. The van der Waals surface area contributed by atoms with Gasteiger partial charge in [0, 0.05) is 6.54 Å². The largest absolute Gasteiger partial charge is 0.507 e. The molecule has 4 nitrogen and oxygen atoms in total. The molecule has 0 aliphatic carbocycles. The van der Waals surface area contributed by atoms with Gasteiger partial charge in [-0.3, -0.25) is 9.36 Å². The van der Waals surface area contributed by atoms with E-state index in [0.29, 0.717) is 23.3 Å². The summed E-state index contributed by atoms with van der Waals surface area (Å²) in [6.45, 7) is 0.420. The minimum absolute atomic E-state index is 0.0285. The lowest BCUT2D eigenvalue weighted by Gasteiger charge is -2.09. The Balaban J connectivity index is 1.87. The van der Waals surface area contributed by atoms with Gasteiger partial charge in [0.05, 0.1) is 20.9 Å². The van der Waals surface area contributed by atoms with Gasteiger partial charge in [-0.2, -0.15) is 13.2 Å². The first-order chi connectivity index (χ1) is 12.7. The molecule has 4 rings (SSSR count). The highest BCUT2D eigenvalue weighted by Gasteiger charge is 2.31. The molecule has 27 heavy (non-hydrogen) atoms. The van der Waals surface area contributed by atoms with Crippen molar-refractivity contribution in [3.05, 3.63) is 68.2 Å². The Morgan fingerprint density at radius 2 is 1.96 bits per heavy atom. The van der Waals surface area contributed by atoms with Crippen LogP contribution in [0.2, 0.25) is 0 Å². The second-order valence-electron chi connectivity index (χ2n) is 6.25. The van der Waals surface area contributed by atoms with Crippen molar-refractivity contribution in [2.75, 3.05) is 0 Å². The molecule has 0 saturated heterocycles. The Morgan fingerprint density at radius 3 is 2.67 bits per heavy atom. The number of hydrogen-bond donors (Lipinski definition) is 1. The third-order valence-corrected chi connectivity index (χ3v) is 5.12. The molecule has 0 saturated carbocycles. The van der Waals surface area contributed by atoms with Crippen molar-refractivity contribution >= 4 is 38.5 Å². The van der Waals surface area contributed by atoms with Crippen LogP contribution in [0.1, 0.15) is 23.4 Å². The Labute approximate surface area is 159 Å². The molecule has 1 N–H and O–H groups in total. The van der Waals surface area contributed by atoms with E-state index >= 15 is 0 Å². The Hall–Kier alpha value is -2.61. The van der Waals surface area contributed by atoms with Crippen LogP contribution in [0.5, 0.6) is 5.75 Å². The monoisotopic (exact) mass is 436 g/mol. The molecular formula is C19H12BrF3N2O2. The third-order valence-electron chi connectivity index (χ3n) is 4.49. The number of hydrogen-bond acceptors (Lipinski definition) is 3. The number of aromatic nitrogens is 2. The van der Waals surface area contributed by atoms with Crippen LogP contribution >= 0.6 is 15.9 Å². The van der Waals surface area contributed by atoms with Crippen LogP contribution in [-0.4, -0.2) is 14.7 Å². The van der Waals surface area contributed by atoms with Crippen LogP contribution in [0.25, 0.3) is 22.6 Å². The minimum Gasteiger partial charge on any atom is -0.507 e. The van der Waals surface area contributed by atoms with Crippen molar-refractivity contribution in [1.82, 2.24) is 9.55 Å². The van der Waals surface area contributed by atoms with E-state index in [-0.39, 0.29) is 22.2 Å². The maximum absolute atomic E-state index is 13.0. The van der Waals surface area contributed by atoms with E-state index in [1.54, 1.807) is 12.1 Å². The van der Waals surface area contributed by atoms with Gasteiger partial charge in [-0.25, -0.2) is 4.98 Å². The highest BCUT2D eigenvalue weighted by molar-refractivity contribution is 9.10. The summed E-state index contributed by atoms with van der Waals surface area (Å²) in [4.78, 5) is 17.0. The van der Waals surface area contributed by atoms with Crippen LogP contribution in [0, 0.1) is 0 Å². The van der Waals surface area contributed by atoms with Crippen molar-refractivity contribution in [1.29, 1.82) is 0 Å². The smallest absolute Gasteiger partial charge is 0.416 e. The Bertz CT molecular complexity index is 1170. The van der Waals surface area contributed by atoms with Gasteiger partial charge >= 0.3 is 6.18 Å². The number of phenols is 1. The fourth-order valence-electron chi connectivity index (χ4n) is 3.14. The predicted octanol–water partition coefficient (Wildman–Crippen LogP) is 4.83. The third kappa shape index (κ3) is 3.14. The van der Waals surface area contributed by atoms with E-state index < -0.39 is 11.7 Å². The SMILES string of the molecule is O=c1c2ccc(C(F)(F)F)cc2nc2n1CCC2=Cc1ccc(O)c(Br)c1. The van der Waals surface area contributed by atoms with Gasteiger partial charge in [0.2, 0.25) is 0 Å². The van der Waals surface area contributed by atoms with Gasteiger partial charge in [-0.1, -0.05) is 6.07 Å². The molecule has 1 aromatic heterocycles. The first kappa shape index (κ1) is 17.8. The summed E-state index contributed by atoms with van der Waals surface area (Å²) in [5, 5.41) is 9.76. The molecular weight excluding hydrogens is 425 g/mol. The molecule has 0 spiro atoms. The van der Waals surface area contributed by atoms with Crippen LogP contribution in [0.4, 0.5) is 13.2 Å². The first-order valence-electron chi connectivity index (χ1n) is 8.05. The summed E-state index contributed by atoms with van der Waals surface area (Å²) in [7, 11) is 0. The van der Waals surface area contributed by atoms with E-state index in [4.69, 9.17) is 0 Å². The van der Waals surface area contributed by atoms with Crippen LogP contribution in [-0.2, 0) is 12.7 Å². The molecule has 0 bridgehead atoms. The summed E-state index contributed by atoms with van der Waals surface area (Å²) < 4.78 is 40.9. The molecule has 3 aromatic rings. The summed E-state index contributed by atoms with van der Waals surface area (Å²) in [6.07, 6.45) is -2.14. The average molecular weight is 437 g/mol. The van der Waals surface area contributed by atoms with Crippen molar-refractivity contribution in [2.24, 2.45) is 0 Å². The number of phenolic OH excluding ortho intramolecular Hbond substituents is 1. The number of halogens is 4. The van der Waals surface area contributed by atoms with Gasteiger partial charge in [-0.05, 0) is 69.9 Å². The molecule has 1 aliphatic rings. The van der Waals surface area contributed by atoms with E-state index in [0.717, 1.165) is 23.3 Å². The zero-order valence-corrected chi connectivity index (χ0v) is 15.3. The predicted molar refractivity (Wildman–Crippen MR) is 99.3 cm³/mol. The molecule has 8 heteroatoms. The highest BCUT2D eigenvalue weighted by atomic mass is 79.9. The summed E-state index contributed by atoms with van der Waals surface area (Å²) >= 11 is 3.24. The van der Waals surface area contributed by atoms with Gasteiger partial charge in [0.15, 0.2) is 0 Å². The standard InChI is InChI=1S/C19H12BrF3N2O2/c20-14-8-10(1-4-16(14)26)7-11-5-6-25-17(11)24-15-9-12(19(21,22)23)2-3-13(15)18(25)27/h1-4,7-9,26H,5-6H2. The topological polar surface area (TPSA) is 55.1 Å². The van der Waals surface area contributed by atoms with Gasteiger partial charge in [0.1, 0.15) is 11.6 Å². The molecule has 2 heterocycles. The Kier molecular flexibility index (Phi) is 4.10. The van der Waals surface area contributed by atoms with Gasteiger partial charge in [-0.15, -0.1) is 0 Å². The molecule has 2 aromatic carbocycles. The van der Waals surface area contributed by atoms with Crippen molar-refractivity contribution in [3.63, 3.8) is 0 Å². The van der Waals surface area contributed by atoms with Crippen molar-refractivity contribution < 1.29 is 18.3 Å². The summed E-state index contributed by atoms with van der Waals surface area (Å²) in [6, 6.07) is 7.94. The van der Waals surface area contributed by atoms with E-state index in [1.165, 1.54) is 16.7 Å². The van der Waals surface area contributed by atoms with Crippen molar-refractivity contribution in [3.8, 4) is 5.75 Å². The maximum atomic E-state index is 13.0. The van der Waals surface area contributed by atoms with E-state index in [9.17, 15) is 23.1 Å². The second kappa shape index (κ2) is 6.23. The number of benzene rings is 2. The van der Waals surface area contributed by atoms with Crippen LogP contribution < -0.4 is 5.56 Å². The molecule has 0 unspecified atom stereocenters. The number of alkyl halides is 3. The summed E-state index contributed by atoms with van der Waals surface area (Å²) in [5.41, 5.74) is 0.378. The Morgan fingerprint density at radius 1 is 1.19 bits per heavy atom. The lowest BCUT2D eigenvalue weighted by molar-refractivity contribution is -0.137. The number of nitrogens with zero attached hydrogens (tertiary/aromatic N) is 2. The molecule has 0 amide bonds. The quantitative estimate of drug-likeness (QED) is 0.594. The second-order valence-corrected chi connectivity index (χ2v) is 7.11. The molecule has 0 fully saturated rings.